The number of methoxy groups -OCH3 is 1. The molecule has 2 heterocycles. The molecule has 6 heteroatoms. The highest BCUT2D eigenvalue weighted by molar-refractivity contribution is 6.15. The van der Waals surface area contributed by atoms with Crippen molar-refractivity contribution in [3.63, 3.8) is 0 Å². The van der Waals surface area contributed by atoms with Gasteiger partial charge in [0.1, 0.15) is 11.4 Å². The molecule has 1 amide bonds. The lowest BCUT2D eigenvalue weighted by Crippen LogP contribution is -2.31. The maximum atomic E-state index is 12.6. The van der Waals surface area contributed by atoms with Crippen LogP contribution in [-0.2, 0) is 16.0 Å². The number of ether oxygens (including phenoxy) is 2. The van der Waals surface area contributed by atoms with Crippen molar-refractivity contribution in [3.05, 3.63) is 35.0 Å². The summed E-state index contributed by atoms with van der Waals surface area (Å²) in [5.74, 6) is 1.94. The van der Waals surface area contributed by atoms with Crippen LogP contribution in [0.1, 0.15) is 31.4 Å². The van der Waals surface area contributed by atoms with Gasteiger partial charge in [0.15, 0.2) is 0 Å². The number of aliphatic imine (C=N–C) groups is 1. The molecule has 1 N–H and O–H groups in total. The van der Waals surface area contributed by atoms with Gasteiger partial charge in [0.25, 0.3) is 5.91 Å². The molecule has 1 fully saturated rings. The average molecular weight is 357 g/mol. The molecular weight excluding hydrogens is 330 g/mol. The molecule has 0 aromatic heterocycles. The molecule has 0 aliphatic carbocycles. The molecule has 0 unspecified atom stereocenters. The lowest BCUT2D eigenvalue weighted by molar-refractivity contribution is -0.121. The van der Waals surface area contributed by atoms with Crippen LogP contribution in [0.15, 0.2) is 28.9 Å². The van der Waals surface area contributed by atoms with Crippen molar-refractivity contribution in [3.8, 4) is 5.75 Å². The standard InChI is InChI=1S/C20H27N3O3/c1-13(2)9-16(12-25-4)21-20-22-17(19(24)23(20)3)11-14-5-6-18-15(10-14)7-8-26-18/h5-6,10-11,13,16H,7-9,12H2,1-4H3,(H,21,22)/b17-11-/t16-/m1/s1. The molecule has 2 aliphatic rings. The number of benzene rings is 1. The van der Waals surface area contributed by atoms with Gasteiger partial charge in [-0.2, -0.15) is 0 Å². The second-order valence-electron chi connectivity index (χ2n) is 7.20. The van der Waals surface area contributed by atoms with Gasteiger partial charge < -0.3 is 14.8 Å². The number of nitrogens with zero attached hydrogens (tertiary/aromatic N) is 2. The van der Waals surface area contributed by atoms with E-state index in [2.05, 4.69) is 25.2 Å². The van der Waals surface area contributed by atoms with Crippen molar-refractivity contribution < 1.29 is 14.3 Å². The fourth-order valence-corrected chi connectivity index (χ4v) is 3.28. The Morgan fingerprint density at radius 1 is 1.42 bits per heavy atom. The van der Waals surface area contributed by atoms with E-state index in [9.17, 15) is 4.79 Å². The summed E-state index contributed by atoms with van der Waals surface area (Å²) in [4.78, 5) is 18.8. The van der Waals surface area contributed by atoms with E-state index in [-0.39, 0.29) is 11.9 Å². The molecule has 26 heavy (non-hydrogen) atoms. The highest BCUT2D eigenvalue weighted by Gasteiger charge is 2.29. The third-order valence-corrected chi connectivity index (χ3v) is 4.53. The number of guanidine groups is 1. The van der Waals surface area contributed by atoms with Gasteiger partial charge in [-0.25, -0.2) is 4.99 Å². The first kappa shape index (κ1) is 18.5. The third kappa shape index (κ3) is 4.07. The maximum absolute atomic E-state index is 12.6. The summed E-state index contributed by atoms with van der Waals surface area (Å²) in [6.45, 7) is 5.57. The van der Waals surface area contributed by atoms with Crippen LogP contribution in [0.25, 0.3) is 6.08 Å². The molecule has 140 valence electrons. The van der Waals surface area contributed by atoms with Crippen molar-refractivity contribution >= 4 is 17.9 Å². The molecule has 0 bridgehead atoms. The molecule has 0 spiro atoms. The van der Waals surface area contributed by atoms with E-state index in [1.165, 1.54) is 5.56 Å². The van der Waals surface area contributed by atoms with E-state index in [4.69, 9.17) is 14.5 Å². The molecule has 6 nitrogen and oxygen atoms in total. The highest BCUT2D eigenvalue weighted by atomic mass is 16.5. The summed E-state index contributed by atoms with van der Waals surface area (Å²) < 4.78 is 10.8. The van der Waals surface area contributed by atoms with Crippen molar-refractivity contribution in [2.24, 2.45) is 10.9 Å². The van der Waals surface area contributed by atoms with E-state index in [0.29, 0.717) is 24.2 Å². The summed E-state index contributed by atoms with van der Waals surface area (Å²) >= 11 is 0. The van der Waals surface area contributed by atoms with Crippen LogP contribution in [0.2, 0.25) is 0 Å². The van der Waals surface area contributed by atoms with Crippen LogP contribution in [0.4, 0.5) is 0 Å². The first-order chi connectivity index (χ1) is 12.5. The normalized spacial score (nSPS) is 20.7. The number of carbonyl (C=O) groups excluding carboxylic acids is 1. The molecule has 1 aromatic carbocycles. The van der Waals surface area contributed by atoms with Crippen molar-refractivity contribution in [2.75, 3.05) is 27.4 Å². The predicted octanol–water partition coefficient (Wildman–Crippen LogP) is 2.44. The fraction of sp³-hybridized carbons (Fsp3) is 0.500. The van der Waals surface area contributed by atoms with Crippen LogP contribution in [0, 0.1) is 5.92 Å². The monoisotopic (exact) mass is 357 g/mol. The lowest BCUT2D eigenvalue weighted by Gasteiger charge is -2.16. The minimum Gasteiger partial charge on any atom is -0.493 e. The minimum absolute atomic E-state index is 0.0224. The molecular formula is C20H27N3O3. The second kappa shape index (κ2) is 7.91. The Balaban J connectivity index is 1.80. The number of hydrogen-bond acceptors (Lipinski definition) is 4. The predicted molar refractivity (Wildman–Crippen MR) is 102 cm³/mol. The second-order valence-corrected chi connectivity index (χ2v) is 7.20. The number of likely N-dealkylation sites (N-methyl/N-ethyl adjacent to an activating group) is 1. The van der Waals surface area contributed by atoms with E-state index in [1.54, 1.807) is 19.1 Å². The Hall–Kier alpha value is -2.34. The minimum atomic E-state index is -0.0822. The third-order valence-electron chi connectivity index (χ3n) is 4.53. The van der Waals surface area contributed by atoms with Gasteiger partial charge in [0.2, 0.25) is 5.96 Å². The molecule has 2 aliphatic heterocycles. The number of fused-ring (bicyclic) bond motifs is 1. The summed E-state index contributed by atoms with van der Waals surface area (Å²) in [7, 11) is 3.41. The number of nitrogens with one attached hydrogen (secondary N) is 1. The molecule has 0 radical (unpaired) electrons. The quantitative estimate of drug-likeness (QED) is 0.795. The number of hydrogen-bond donors (Lipinski definition) is 1. The Morgan fingerprint density at radius 3 is 2.96 bits per heavy atom. The number of amides is 1. The van der Waals surface area contributed by atoms with Gasteiger partial charge in [-0.3, -0.25) is 9.69 Å². The fourth-order valence-electron chi connectivity index (χ4n) is 3.28. The van der Waals surface area contributed by atoms with Crippen molar-refractivity contribution in [1.29, 1.82) is 0 Å². The lowest BCUT2D eigenvalue weighted by atomic mass is 10.1. The SMILES string of the molecule is COC[C@@H](CC(C)C)N=C1N/C(=C\c2ccc3c(c2)CCO3)C(=O)N1C. The highest BCUT2D eigenvalue weighted by Crippen LogP contribution is 2.27. The molecule has 1 aromatic rings. The first-order valence-corrected chi connectivity index (χ1v) is 9.07. The van der Waals surface area contributed by atoms with Crippen LogP contribution in [0.3, 0.4) is 0 Å². The van der Waals surface area contributed by atoms with Crippen LogP contribution in [0.5, 0.6) is 5.75 Å². The average Bonchev–Trinajstić information content (AvgIpc) is 3.15. The van der Waals surface area contributed by atoms with Crippen molar-refractivity contribution in [1.82, 2.24) is 10.2 Å². The molecule has 3 rings (SSSR count). The van der Waals surface area contributed by atoms with Crippen LogP contribution < -0.4 is 10.1 Å². The van der Waals surface area contributed by atoms with Gasteiger partial charge in [0, 0.05) is 20.6 Å². The van der Waals surface area contributed by atoms with Gasteiger partial charge in [-0.1, -0.05) is 19.9 Å². The smallest absolute Gasteiger partial charge is 0.276 e. The zero-order chi connectivity index (χ0) is 18.7. The molecule has 1 atom stereocenters. The summed E-state index contributed by atoms with van der Waals surface area (Å²) in [6.07, 6.45) is 3.69. The Labute approximate surface area is 154 Å². The summed E-state index contributed by atoms with van der Waals surface area (Å²) in [6, 6.07) is 6.03. The van der Waals surface area contributed by atoms with Gasteiger partial charge in [-0.05, 0) is 41.7 Å². The molecule has 0 saturated carbocycles. The Kier molecular flexibility index (Phi) is 5.61. The molecule has 1 saturated heterocycles. The topological polar surface area (TPSA) is 63.2 Å². The van der Waals surface area contributed by atoms with Gasteiger partial charge in [-0.15, -0.1) is 0 Å². The van der Waals surface area contributed by atoms with E-state index >= 15 is 0 Å². The van der Waals surface area contributed by atoms with Gasteiger partial charge in [0.05, 0.1) is 19.3 Å². The van der Waals surface area contributed by atoms with E-state index < -0.39 is 0 Å². The van der Waals surface area contributed by atoms with Crippen LogP contribution >= 0.6 is 0 Å². The number of carbonyl (C=O) groups is 1. The van der Waals surface area contributed by atoms with E-state index in [0.717, 1.165) is 30.8 Å². The zero-order valence-electron chi connectivity index (χ0n) is 15.9. The van der Waals surface area contributed by atoms with E-state index in [1.807, 2.05) is 18.2 Å². The van der Waals surface area contributed by atoms with Crippen LogP contribution in [-0.4, -0.2) is 50.2 Å². The van der Waals surface area contributed by atoms with Crippen molar-refractivity contribution in [2.45, 2.75) is 32.7 Å². The zero-order valence-corrected chi connectivity index (χ0v) is 15.9. The maximum Gasteiger partial charge on any atom is 0.276 e. The first-order valence-electron chi connectivity index (χ1n) is 9.07. The Morgan fingerprint density at radius 2 is 2.23 bits per heavy atom. The largest absolute Gasteiger partial charge is 0.493 e. The number of rotatable bonds is 6. The summed E-state index contributed by atoms with van der Waals surface area (Å²) in [5.41, 5.74) is 2.70. The van der Waals surface area contributed by atoms with Gasteiger partial charge >= 0.3 is 0 Å². The summed E-state index contributed by atoms with van der Waals surface area (Å²) in [5, 5.41) is 3.17. The Bertz CT molecular complexity index is 740.